The van der Waals surface area contributed by atoms with Gasteiger partial charge < -0.3 is 18.9 Å². The van der Waals surface area contributed by atoms with Crippen LogP contribution in [0.5, 0.6) is 0 Å². The van der Waals surface area contributed by atoms with Crippen LogP contribution >= 0.6 is 0 Å². The molecule has 0 fully saturated rings. The van der Waals surface area contributed by atoms with Crippen molar-refractivity contribution in [3.8, 4) is 0 Å². The highest BCUT2D eigenvalue weighted by atomic mass is 16.7. The second kappa shape index (κ2) is 9.64. The summed E-state index contributed by atoms with van der Waals surface area (Å²) in [6.07, 6.45) is 4.68. The highest BCUT2D eigenvalue weighted by Crippen LogP contribution is 2.19. The van der Waals surface area contributed by atoms with Gasteiger partial charge in [0.05, 0.1) is 6.61 Å². The number of rotatable bonds is 7. The van der Waals surface area contributed by atoms with Crippen LogP contribution in [-0.2, 0) is 28.5 Å². The van der Waals surface area contributed by atoms with Crippen LogP contribution < -0.4 is 0 Å². The Bertz CT molecular complexity index is 635. The lowest BCUT2D eigenvalue weighted by Gasteiger charge is -2.26. The Morgan fingerprint density at radius 2 is 2.00 bits per heavy atom. The van der Waals surface area contributed by atoms with Crippen molar-refractivity contribution in [1.82, 2.24) is 0 Å². The number of ether oxygens (including phenoxy) is 4. The third-order valence-electron chi connectivity index (χ3n) is 3.29. The first kappa shape index (κ1) is 18.7. The summed E-state index contributed by atoms with van der Waals surface area (Å²) in [5.41, 5.74) is 0.813. The summed E-state index contributed by atoms with van der Waals surface area (Å²) in [4.78, 5) is 23.1. The molecule has 0 bridgehead atoms. The number of hydrogen-bond acceptors (Lipinski definition) is 6. The molecular weight excluding hydrogens is 324 g/mol. The molecule has 134 valence electrons. The van der Waals surface area contributed by atoms with Gasteiger partial charge in [-0.2, -0.15) is 0 Å². The van der Waals surface area contributed by atoms with Crippen LogP contribution in [0.2, 0.25) is 0 Å². The molecule has 0 unspecified atom stereocenters. The SMILES string of the molecule is CCOC(=O)C(=Cc1ccccc1)O[C@@H]1CC=C[C@@H](COC(C)=O)O1. The lowest BCUT2D eigenvalue weighted by Crippen LogP contribution is -2.31. The maximum absolute atomic E-state index is 12.2. The molecule has 6 heteroatoms. The van der Waals surface area contributed by atoms with E-state index in [0.29, 0.717) is 6.42 Å². The summed E-state index contributed by atoms with van der Waals surface area (Å²) in [6, 6.07) is 9.32. The van der Waals surface area contributed by atoms with E-state index in [1.807, 2.05) is 36.4 Å². The van der Waals surface area contributed by atoms with Gasteiger partial charge in [0.2, 0.25) is 12.0 Å². The van der Waals surface area contributed by atoms with E-state index in [9.17, 15) is 9.59 Å². The van der Waals surface area contributed by atoms with Crippen LogP contribution in [0.3, 0.4) is 0 Å². The highest BCUT2D eigenvalue weighted by Gasteiger charge is 2.24. The van der Waals surface area contributed by atoms with Gasteiger partial charge in [0.1, 0.15) is 12.7 Å². The summed E-state index contributed by atoms with van der Waals surface area (Å²) < 4.78 is 21.4. The average molecular weight is 346 g/mol. The molecule has 0 amide bonds. The zero-order valence-electron chi connectivity index (χ0n) is 14.3. The molecule has 6 nitrogen and oxygen atoms in total. The first-order chi connectivity index (χ1) is 12.1. The lowest BCUT2D eigenvalue weighted by atomic mass is 10.2. The Balaban J connectivity index is 2.06. The van der Waals surface area contributed by atoms with Gasteiger partial charge in [0.15, 0.2) is 0 Å². The third-order valence-corrected chi connectivity index (χ3v) is 3.29. The van der Waals surface area contributed by atoms with Crippen molar-refractivity contribution in [2.24, 2.45) is 0 Å². The smallest absolute Gasteiger partial charge is 0.373 e. The molecular formula is C19H22O6. The first-order valence-electron chi connectivity index (χ1n) is 8.14. The molecule has 1 aliphatic rings. The van der Waals surface area contributed by atoms with Crippen molar-refractivity contribution in [3.05, 3.63) is 53.8 Å². The van der Waals surface area contributed by atoms with Gasteiger partial charge in [0.25, 0.3) is 0 Å². The molecule has 1 aromatic carbocycles. The summed E-state index contributed by atoms with van der Waals surface area (Å²) in [5.74, 6) is -0.864. The molecule has 0 N–H and O–H groups in total. The van der Waals surface area contributed by atoms with Gasteiger partial charge in [0, 0.05) is 13.3 Å². The van der Waals surface area contributed by atoms with E-state index in [1.54, 1.807) is 19.1 Å². The monoisotopic (exact) mass is 346 g/mol. The van der Waals surface area contributed by atoms with Crippen molar-refractivity contribution in [1.29, 1.82) is 0 Å². The molecule has 0 aromatic heterocycles. The predicted molar refractivity (Wildman–Crippen MR) is 91.2 cm³/mol. The van der Waals surface area contributed by atoms with Crippen LogP contribution in [0.25, 0.3) is 6.08 Å². The molecule has 2 atom stereocenters. The molecule has 0 spiro atoms. The Hall–Kier alpha value is -2.60. The van der Waals surface area contributed by atoms with Gasteiger partial charge >= 0.3 is 11.9 Å². The van der Waals surface area contributed by atoms with Crippen molar-refractivity contribution in [2.45, 2.75) is 32.7 Å². The topological polar surface area (TPSA) is 71.1 Å². The van der Waals surface area contributed by atoms with E-state index in [4.69, 9.17) is 18.9 Å². The molecule has 0 saturated carbocycles. The largest absolute Gasteiger partial charge is 0.463 e. The zero-order chi connectivity index (χ0) is 18.1. The zero-order valence-corrected chi connectivity index (χ0v) is 14.3. The van der Waals surface area contributed by atoms with Crippen LogP contribution in [0, 0.1) is 0 Å². The second-order valence-corrected chi connectivity index (χ2v) is 5.33. The number of carbonyl (C=O) groups is 2. The fraction of sp³-hybridized carbons (Fsp3) is 0.368. The van der Waals surface area contributed by atoms with Crippen molar-refractivity contribution >= 4 is 18.0 Å². The van der Waals surface area contributed by atoms with Gasteiger partial charge in [-0.15, -0.1) is 0 Å². The van der Waals surface area contributed by atoms with Gasteiger partial charge in [-0.05, 0) is 18.6 Å². The summed E-state index contributed by atoms with van der Waals surface area (Å²) in [5, 5.41) is 0. The normalized spacial score (nSPS) is 20.0. The van der Waals surface area contributed by atoms with Crippen LogP contribution in [0.4, 0.5) is 0 Å². The Labute approximate surface area is 147 Å². The van der Waals surface area contributed by atoms with E-state index < -0.39 is 18.4 Å². The lowest BCUT2D eigenvalue weighted by molar-refractivity contribution is -0.172. The van der Waals surface area contributed by atoms with E-state index >= 15 is 0 Å². The third kappa shape index (κ3) is 6.43. The standard InChI is InChI=1S/C19H22O6/c1-3-22-19(21)17(12-15-8-5-4-6-9-15)25-18-11-7-10-16(24-18)13-23-14(2)20/h4-10,12,16,18H,3,11,13H2,1-2H3/t16-,18+/m0/s1. The van der Waals surface area contributed by atoms with E-state index in [1.165, 1.54) is 6.92 Å². The van der Waals surface area contributed by atoms with Crippen LogP contribution in [0.15, 0.2) is 48.2 Å². The maximum atomic E-state index is 12.2. The Morgan fingerprint density at radius 3 is 2.68 bits per heavy atom. The van der Waals surface area contributed by atoms with Crippen LogP contribution in [0.1, 0.15) is 25.8 Å². The van der Waals surface area contributed by atoms with Gasteiger partial charge in [-0.3, -0.25) is 4.79 Å². The minimum Gasteiger partial charge on any atom is -0.463 e. The maximum Gasteiger partial charge on any atom is 0.373 e. The quantitative estimate of drug-likeness (QED) is 0.327. The molecule has 0 aliphatic carbocycles. The fourth-order valence-electron chi connectivity index (χ4n) is 2.19. The summed E-state index contributed by atoms with van der Waals surface area (Å²) in [6.45, 7) is 3.41. The Kier molecular flexibility index (Phi) is 7.22. The summed E-state index contributed by atoms with van der Waals surface area (Å²) >= 11 is 0. The fourth-order valence-corrected chi connectivity index (χ4v) is 2.19. The second-order valence-electron chi connectivity index (χ2n) is 5.33. The highest BCUT2D eigenvalue weighted by molar-refractivity contribution is 5.91. The number of esters is 2. The molecule has 1 aliphatic heterocycles. The molecule has 0 radical (unpaired) electrons. The number of carbonyl (C=O) groups excluding carboxylic acids is 2. The van der Waals surface area contributed by atoms with Crippen LogP contribution in [-0.4, -0.2) is 37.5 Å². The number of hydrogen-bond donors (Lipinski definition) is 0. The van der Waals surface area contributed by atoms with Crippen molar-refractivity contribution < 1.29 is 28.5 Å². The minimum absolute atomic E-state index is 0.0691. The minimum atomic E-state index is -0.662. The summed E-state index contributed by atoms with van der Waals surface area (Å²) in [7, 11) is 0. The molecule has 0 saturated heterocycles. The van der Waals surface area contributed by atoms with E-state index in [0.717, 1.165) is 5.56 Å². The van der Waals surface area contributed by atoms with E-state index in [-0.39, 0.29) is 24.9 Å². The predicted octanol–water partition coefficient (Wildman–Crippen LogP) is 2.84. The van der Waals surface area contributed by atoms with Crippen molar-refractivity contribution in [2.75, 3.05) is 13.2 Å². The van der Waals surface area contributed by atoms with E-state index in [2.05, 4.69) is 0 Å². The molecule has 1 aromatic rings. The first-order valence-corrected chi connectivity index (χ1v) is 8.14. The van der Waals surface area contributed by atoms with Crippen molar-refractivity contribution in [3.63, 3.8) is 0 Å². The molecule has 25 heavy (non-hydrogen) atoms. The van der Waals surface area contributed by atoms with Gasteiger partial charge in [-0.1, -0.05) is 42.5 Å². The molecule has 2 rings (SSSR count). The number of benzene rings is 1. The average Bonchev–Trinajstić information content (AvgIpc) is 2.61. The molecule has 1 heterocycles. The Morgan fingerprint density at radius 1 is 1.24 bits per heavy atom. The van der Waals surface area contributed by atoms with Gasteiger partial charge in [-0.25, -0.2) is 4.79 Å².